The van der Waals surface area contributed by atoms with Crippen molar-refractivity contribution in [3.63, 3.8) is 0 Å². The van der Waals surface area contributed by atoms with Crippen molar-refractivity contribution >= 4 is 34.8 Å². The molecule has 1 heterocycles. The van der Waals surface area contributed by atoms with E-state index in [0.717, 1.165) is 17.7 Å². The van der Waals surface area contributed by atoms with Gasteiger partial charge < -0.3 is 9.74 Å². The smallest absolute Gasteiger partial charge is 0.256 e. The second kappa shape index (κ2) is 8.72. The summed E-state index contributed by atoms with van der Waals surface area (Å²) in [4.78, 5) is 19.9. The average Bonchev–Trinajstić information content (AvgIpc) is 3.12. The Morgan fingerprint density at radius 2 is 2.04 bits per heavy atom. The Labute approximate surface area is 167 Å². The van der Waals surface area contributed by atoms with Crippen LogP contribution in [0.3, 0.4) is 0 Å². The Balaban J connectivity index is 1.69. The lowest BCUT2D eigenvalue weighted by Gasteiger charge is -2.24. The molecule has 0 radical (unpaired) electrons. The first kappa shape index (κ1) is 19.6. The maximum absolute atomic E-state index is 14.0. The molecule has 0 spiro atoms. The molecule has 3 rings (SSSR count). The van der Waals surface area contributed by atoms with Gasteiger partial charge in [0, 0.05) is 18.5 Å². The summed E-state index contributed by atoms with van der Waals surface area (Å²) in [6, 6.07) is 11.3. The number of nitrogens with zero attached hydrogens (tertiary/aromatic N) is 2. The standard InChI is InChI=1S/C20H19Cl2FN2O2/c1-2-9-25(20(26)15-5-3-4-6-18(15)23)12-14-11-19(24-27-14)13-7-8-16(21)17(22)10-13/h3-8,10,14H,2,9,11-12H2,1H3. The largest absolute Gasteiger partial charge is 0.390 e. The Morgan fingerprint density at radius 3 is 2.74 bits per heavy atom. The third kappa shape index (κ3) is 4.60. The Hall–Kier alpha value is -2.11. The first-order valence-corrected chi connectivity index (χ1v) is 9.47. The van der Waals surface area contributed by atoms with Crippen LogP contribution in [0.2, 0.25) is 10.0 Å². The van der Waals surface area contributed by atoms with E-state index in [1.807, 2.05) is 13.0 Å². The van der Waals surface area contributed by atoms with Gasteiger partial charge in [0.15, 0.2) is 6.10 Å². The predicted octanol–water partition coefficient (Wildman–Crippen LogP) is 5.18. The van der Waals surface area contributed by atoms with Gasteiger partial charge in [0.25, 0.3) is 5.91 Å². The fourth-order valence-corrected chi connectivity index (χ4v) is 3.27. The molecule has 1 unspecified atom stereocenters. The molecule has 0 N–H and O–H groups in total. The molecule has 7 heteroatoms. The molecule has 0 bridgehead atoms. The molecule has 1 atom stereocenters. The Bertz CT molecular complexity index is 873. The van der Waals surface area contributed by atoms with E-state index in [4.69, 9.17) is 28.0 Å². The van der Waals surface area contributed by atoms with E-state index in [2.05, 4.69) is 5.16 Å². The number of halogens is 3. The van der Waals surface area contributed by atoms with E-state index in [1.165, 1.54) is 12.1 Å². The van der Waals surface area contributed by atoms with E-state index in [9.17, 15) is 9.18 Å². The fourth-order valence-electron chi connectivity index (χ4n) is 2.97. The molecule has 0 aromatic heterocycles. The minimum atomic E-state index is -0.524. The molecule has 1 amide bonds. The van der Waals surface area contributed by atoms with E-state index in [1.54, 1.807) is 29.2 Å². The fraction of sp³-hybridized carbons (Fsp3) is 0.300. The number of rotatable bonds is 6. The molecule has 4 nitrogen and oxygen atoms in total. The van der Waals surface area contributed by atoms with Crippen molar-refractivity contribution in [2.45, 2.75) is 25.9 Å². The third-order valence-electron chi connectivity index (χ3n) is 4.29. The number of amides is 1. The lowest BCUT2D eigenvalue weighted by Crippen LogP contribution is -2.38. The molecule has 0 saturated heterocycles. The maximum atomic E-state index is 14.0. The maximum Gasteiger partial charge on any atom is 0.256 e. The van der Waals surface area contributed by atoms with Gasteiger partial charge in [0.1, 0.15) is 5.82 Å². The molecular formula is C20H19Cl2FN2O2. The number of carbonyl (C=O) groups is 1. The second-order valence-electron chi connectivity index (χ2n) is 6.33. The van der Waals surface area contributed by atoms with Gasteiger partial charge in [0.05, 0.1) is 27.9 Å². The van der Waals surface area contributed by atoms with Crippen molar-refractivity contribution in [3.05, 3.63) is 69.5 Å². The number of carbonyl (C=O) groups excluding carboxylic acids is 1. The summed E-state index contributed by atoms with van der Waals surface area (Å²) in [6.07, 6.45) is 0.993. The molecule has 2 aromatic carbocycles. The van der Waals surface area contributed by atoms with Gasteiger partial charge in [-0.1, -0.05) is 53.5 Å². The third-order valence-corrected chi connectivity index (χ3v) is 5.03. The van der Waals surface area contributed by atoms with Crippen molar-refractivity contribution in [1.82, 2.24) is 4.90 Å². The minimum absolute atomic E-state index is 0.0644. The Morgan fingerprint density at radius 1 is 1.26 bits per heavy atom. The van der Waals surface area contributed by atoms with Crippen molar-refractivity contribution < 1.29 is 14.0 Å². The van der Waals surface area contributed by atoms with Crippen LogP contribution in [0.1, 0.15) is 35.7 Å². The molecular weight excluding hydrogens is 390 g/mol. The summed E-state index contributed by atoms with van der Waals surface area (Å²) in [5.74, 6) is -0.870. The van der Waals surface area contributed by atoms with Crippen molar-refractivity contribution in [3.8, 4) is 0 Å². The van der Waals surface area contributed by atoms with Gasteiger partial charge in [-0.25, -0.2) is 4.39 Å². The van der Waals surface area contributed by atoms with Gasteiger partial charge in [-0.15, -0.1) is 0 Å². The summed E-state index contributed by atoms with van der Waals surface area (Å²) in [6.45, 7) is 2.80. The summed E-state index contributed by atoms with van der Waals surface area (Å²) in [7, 11) is 0. The van der Waals surface area contributed by atoms with Gasteiger partial charge in [-0.2, -0.15) is 0 Å². The lowest BCUT2D eigenvalue weighted by atomic mass is 10.0. The van der Waals surface area contributed by atoms with Gasteiger partial charge in [0.2, 0.25) is 0 Å². The van der Waals surface area contributed by atoms with Crippen LogP contribution in [0.5, 0.6) is 0 Å². The second-order valence-corrected chi connectivity index (χ2v) is 7.14. The quantitative estimate of drug-likeness (QED) is 0.660. The number of oxime groups is 1. The summed E-state index contributed by atoms with van der Waals surface area (Å²) in [5.41, 5.74) is 1.64. The summed E-state index contributed by atoms with van der Waals surface area (Å²) in [5, 5.41) is 5.04. The van der Waals surface area contributed by atoms with E-state index in [0.29, 0.717) is 29.6 Å². The van der Waals surface area contributed by atoms with Crippen LogP contribution in [0.15, 0.2) is 47.6 Å². The average molecular weight is 409 g/mol. The van der Waals surface area contributed by atoms with Crippen LogP contribution >= 0.6 is 23.2 Å². The van der Waals surface area contributed by atoms with Crippen LogP contribution in [-0.2, 0) is 4.84 Å². The topological polar surface area (TPSA) is 41.9 Å². The molecule has 2 aromatic rings. The van der Waals surface area contributed by atoms with Crippen molar-refractivity contribution in [1.29, 1.82) is 0 Å². The van der Waals surface area contributed by atoms with Gasteiger partial charge >= 0.3 is 0 Å². The van der Waals surface area contributed by atoms with Gasteiger partial charge in [-0.3, -0.25) is 4.79 Å². The zero-order valence-corrected chi connectivity index (χ0v) is 16.3. The molecule has 1 aliphatic heterocycles. The zero-order valence-electron chi connectivity index (χ0n) is 14.8. The number of benzene rings is 2. The van der Waals surface area contributed by atoms with Gasteiger partial charge in [-0.05, 0) is 30.7 Å². The van der Waals surface area contributed by atoms with Crippen LogP contribution in [0.25, 0.3) is 0 Å². The normalized spacial score (nSPS) is 16.0. The highest BCUT2D eigenvalue weighted by Gasteiger charge is 2.28. The number of hydrogen-bond acceptors (Lipinski definition) is 3. The summed E-state index contributed by atoms with van der Waals surface area (Å²) >= 11 is 12.0. The molecule has 142 valence electrons. The lowest BCUT2D eigenvalue weighted by molar-refractivity contribution is 0.0421. The molecule has 0 saturated carbocycles. The minimum Gasteiger partial charge on any atom is -0.390 e. The van der Waals surface area contributed by atoms with Crippen LogP contribution < -0.4 is 0 Å². The molecule has 1 aliphatic rings. The van der Waals surface area contributed by atoms with Crippen LogP contribution in [-0.4, -0.2) is 35.7 Å². The summed E-state index contributed by atoms with van der Waals surface area (Å²) < 4.78 is 14.0. The molecule has 27 heavy (non-hydrogen) atoms. The molecule has 0 aliphatic carbocycles. The number of hydrogen-bond donors (Lipinski definition) is 0. The Kier molecular flexibility index (Phi) is 6.34. The predicted molar refractivity (Wildman–Crippen MR) is 105 cm³/mol. The molecule has 0 fully saturated rings. The van der Waals surface area contributed by atoms with E-state index >= 15 is 0 Å². The van der Waals surface area contributed by atoms with Crippen molar-refractivity contribution in [2.75, 3.05) is 13.1 Å². The van der Waals surface area contributed by atoms with E-state index in [-0.39, 0.29) is 17.6 Å². The van der Waals surface area contributed by atoms with E-state index < -0.39 is 5.82 Å². The van der Waals surface area contributed by atoms with Crippen molar-refractivity contribution in [2.24, 2.45) is 5.16 Å². The monoisotopic (exact) mass is 408 g/mol. The highest BCUT2D eigenvalue weighted by Crippen LogP contribution is 2.26. The first-order chi connectivity index (χ1) is 13.0. The highest BCUT2D eigenvalue weighted by atomic mass is 35.5. The zero-order chi connectivity index (χ0) is 19.4. The first-order valence-electron chi connectivity index (χ1n) is 8.71. The SMILES string of the molecule is CCCN(CC1CC(c2ccc(Cl)c(Cl)c2)=NO1)C(=O)c1ccccc1F. The van der Waals surface area contributed by atoms with Crippen LogP contribution in [0, 0.1) is 5.82 Å². The highest BCUT2D eigenvalue weighted by molar-refractivity contribution is 6.42. The van der Waals surface area contributed by atoms with Crippen LogP contribution in [0.4, 0.5) is 4.39 Å².